The van der Waals surface area contributed by atoms with Crippen molar-refractivity contribution in [2.75, 3.05) is 0 Å². The Hall–Kier alpha value is -2.31. The van der Waals surface area contributed by atoms with Gasteiger partial charge in [-0.25, -0.2) is 18.9 Å². The zero-order valence-corrected chi connectivity index (χ0v) is 7.33. The molecule has 0 aliphatic heterocycles. The quantitative estimate of drug-likeness (QED) is 0.777. The van der Waals surface area contributed by atoms with Crippen molar-refractivity contribution in [2.24, 2.45) is 0 Å². The van der Waals surface area contributed by atoms with Gasteiger partial charge in [-0.15, -0.1) is 5.10 Å². The SMILES string of the molecule is O=C(O)c1cc(F)cnc1-n1ccnn1. The Kier molecular flexibility index (Phi) is 2.13. The van der Waals surface area contributed by atoms with Crippen molar-refractivity contribution in [1.29, 1.82) is 0 Å². The highest BCUT2D eigenvalue weighted by molar-refractivity contribution is 5.90. The van der Waals surface area contributed by atoms with Gasteiger partial charge in [0.05, 0.1) is 18.6 Å². The van der Waals surface area contributed by atoms with E-state index < -0.39 is 11.8 Å². The van der Waals surface area contributed by atoms with Gasteiger partial charge in [0.2, 0.25) is 0 Å². The van der Waals surface area contributed by atoms with Crippen molar-refractivity contribution in [1.82, 2.24) is 20.0 Å². The second-order valence-corrected chi connectivity index (χ2v) is 2.68. The molecule has 2 rings (SSSR count). The van der Waals surface area contributed by atoms with Crippen LogP contribution in [0.2, 0.25) is 0 Å². The number of aromatic nitrogens is 4. The van der Waals surface area contributed by atoms with Crippen LogP contribution in [0, 0.1) is 5.82 Å². The van der Waals surface area contributed by atoms with Crippen LogP contribution in [0.1, 0.15) is 10.4 Å². The van der Waals surface area contributed by atoms with E-state index in [1.807, 2.05) is 0 Å². The average molecular weight is 208 g/mol. The van der Waals surface area contributed by atoms with Gasteiger partial charge in [-0.3, -0.25) is 0 Å². The van der Waals surface area contributed by atoms with E-state index in [2.05, 4.69) is 15.3 Å². The van der Waals surface area contributed by atoms with Gasteiger partial charge in [0.15, 0.2) is 5.82 Å². The summed E-state index contributed by atoms with van der Waals surface area (Å²) in [4.78, 5) is 14.4. The number of rotatable bonds is 2. The number of nitrogens with zero attached hydrogens (tertiary/aromatic N) is 4. The average Bonchev–Trinajstić information content (AvgIpc) is 2.70. The lowest BCUT2D eigenvalue weighted by atomic mass is 10.2. The van der Waals surface area contributed by atoms with Gasteiger partial charge in [-0.2, -0.15) is 0 Å². The van der Waals surface area contributed by atoms with Gasteiger partial charge >= 0.3 is 5.97 Å². The van der Waals surface area contributed by atoms with Crippen LogP contribution in [-0.2, 0) is 0 Å². The molecule has 0 atom stereocenters. The molecular formula is C8H5FN4O2. The van der Waals surface area contributed by atoms with Crippen LogP contribution in [0.3, 0.4) is 0 Å². The summed E-state index contributed by atoms with van der Waals surface area (Å²) in [7, 11) is 0. The minimum Gasteiger partial charge on any atom is -0.478 e. The van der Waals surface area contributed by atoms with Crippen LogP contribution in [0.5, 0.6) is 0 Å². The summed E-state index contributed by atoms with van der Waals surface area (Å²) in [6.45, 7) is 0. The summed E-state index contributed by atoms with van der Waals surface area (Å²) in [5, 5.41) is 15.9. The lowest BCUT2D eigenvalue weighted by Crippen LogP contribution is -2.09. The summed E-state index contributed by atoms with van der Waals surface area (Å²) < 4.78 is 13.9. The Labute approximate surface area is 83.0 Å². The third-order valence-corrected chi connectivity index (χ3v) is 1.70. The molecule has 0 fully saturated rings. The minimum atomic E-state index is -1.27. The predicted octanol–water partition coefficient (Wildman–Crippen LogP) is 0.500. The summed E-state index contributed by atoms with van der Waals surface area (Å²) >= 11 is 0. The molecule has 7 heteroatoms. The van der Waals surface area contributed by atoms with E-state index in [1.54, 1.807) is 0 Å². The first kappa shape index (κ1) is 9.25. The first-order valence-electron chi connectivity index (χ1n) is 3.94. The van der Waals surface area contributed by atoms with Gasteiger partial charge in [0.25, 0.3) is 0 Å². The molecule has 2 aromatic rings. The maximum absolute atomic E-state index is 12.8. The largest absolute Gasteiger partial charge is 0.478 e. The predicted molar refractivity (Wildman–Crippen MR) is 46.1 cm³/mol. The van der Waals surface area contributed by atoms with Crippen molar-refractivity contribution >= 4 is 5.97 Å². The summed E-state index contributed by atoms with van der Waals surface area (Å²) in [6, 6.07) is 0.881. The Morgan fingerprint density at radius 3 is 2.93 bits per heavy atom. The molecule has 0 aliphatic rings. The minimum absolute atomic E-state index is 0.0291. The zero-order valence-electron chi connectivity index (χ0n) is 7.33. The fraction of sp³-hybridized carbons (Fsp3) is 0. The molecule has 2 heterocycles. The molecule has 6 nitrogen and oxygen atoms in total. The molecule has 0 saturated carbocycles. The molecule has 0 radical (unpaired) electrons. The molecule has 0 bridgehead atoms. The Morgan fingerprint density at radius 1 is 1.53 bits per heavy atom. The number of aromatic carboxylic acids is 1. The second-order valence-electron chi connectivity index (χ2n) is 2.68. The number of carboxylic acid groups (broad SMARTS) is 1. The molecule has 0 spiro atoms. The second kappa shape index (κ2) is 3.45. The molecule has 76 valence electrons. The molecule has 0 aliphatic carbocycles. The summed E-state index contributed by atoms with van der Waals surface area (Å²) in [5.74, 6) is -1.95. The number of carboxylic acids is 1. The molecule has 2 aromatic heterocycles. The smallest absolute Gasteiger partial charge is 0.339 e. The van der Waals surface area contributed by atoms with Gasteiger partial charge in [-0.05, 0) is 6.07 Å². The van der Waals surface area contributed by atoms with E-state index >= 15 is 0 Å². The fourth-order valence-corrected chi connectivity index (χ4v) is 1.09. The molecule has 0 amide bonds. The van der Waals surface area contributed by atoms with Crippen LogP contribution < -0.4 is 0 Å². The Bertz CT molecular complexity index is 497. The number of hydrogen-bond donors (Lipinski definition) is 1. The molecule has 0 saturated heterocycles. The summed E-state index contributed by atoms with van der Waals surface area (Å²) in [5.41, 5.74) is -0.263. The molecule has 15 heavy (non-hydrogen) atoms. The fourth-order valence-electron chi connectivity index (χ4n) is 1.09. The Balaban J connectivity index is 2.61. The lowest BCUT2D eigenvalue weighted by molar-refractivity contribution is 0.0695. The number of pyridine rings is 1. The zero-order chi connectivity index (χ0) is 10.8. The van der Waals surface area contributed by atoms with Crippen molar-refractivity contribution in [3.05, 3.63) is 36.0 Å². The van der Waals surface area contributed by atoms with Crippen LogP contribution in [0.25, 0.3) is 5.82 Å². The van der Waals surface area contributed by atoms with E-state index in [1.165, 1.54) is 12.4 Å². The molecule has 0 unspecified atom stereocenters. The van der Waals surface area contributed by atoms with E-state index in [0.29, 0.717) is 0 Å². The number of halogens is 1. The first-order valence-corrected chi connectivity index (χ1v) is 3.94. The highest BCUT2D eigenvalue weighted by atomic mass is 19.1. The van der Waals surface area contributed by atoms with Crippen LogP contribution in [0.15, 0.2) is 24.7 Å². The summed E-state index contributed by atoms with van der Waals surface area (Å²) in [6.07, 6.45) is 3.72. The van der Waals surface area contributed by atoms with Crippen molar-refractivity contribution in [2.45, 2.75) is 0 Å². The highest BCUT2D eigenvalue weighted by Crippen LogP contribution is 2.11. The molecule has 0 aromatic carbocycles. The van der Waals surface area contributed by atoms with Gasteiger partial charge in [-0.1, -0.05) is 5.21 Å². The number of hydrogen-bond acceptors (Lipinski definition) is 4. The lowest BCUT2D eigenvalue weighted by Gasteiger charge is -2.03. The maximum atomic E-state index is 12.8. The van der Waals surface area contributed by atoms with E-state index in [4.69, 9.17) is 5.11 Å². The third-order valence-electron chi connectivity index (χ3n) is 1.70. The maximum Gasteiger partial charge on any atom is 0.339 e. The van der Waals surface area contributed by atoms with Gasteiger partial charge in [0.1, 0.15) is 11.4 Å². The van der Waals surface area contributed by atoms with Crippen molar-refractivity contribution < 1.29 is 14.3 Å². The monoisotopic (exact) mass is 208 g/mol. The normalized spacial score (nSPS) is 10.2. The molecular weight excluding hydrogens is 203 g/mol. The van der Waals surface area contributed by atoms with E-state index in [-0.39, 0.29) is 11.4 Å². The van der Waals surface area contributed by atoms with Crippen molar-refractivity contribution in [3.8, 4) is 5.82 Å². The van der Waals surface area contributed by atoms with E-state index in [0.717, 1.165) is 16.9 Å². The highest BCUT2D eigenvalue weighted by Gasteiger charge is 2.14. The van der Waals surface area contributed by atoms with Crippen molar-refractivity contribution in [3.63, 3.8) is 0 Å². The van der Waals surface area contributed by atoms with Gasteiger partial charge < -0.3 is 5.11 Å². The first-order chi connectivity index (χ1) is 7.18. The Morgan fingerprint density at radius 2 is 2.33 bits per heavy atom. The third kappa shape index (κ3) is 1.66. The topological polar surface area (TPSA) is 80.9 Å². The molecule has 1 N–H and O–H groups in total. The van der Waals surface area contributed by atoms with E-state index in [9.17, 15) is 9.18 Å². The van der Waals surface area contributed by atoms with Gasteiger partial charge in [0, 0.05) is 0 Å². The van der Waals surface area contributed by atoms with Crippen LogP contribution >= 0.6 is 0 Å². The van der Waals surface area contributed by atoms with Crippen LogP contribution in [-0.4, -0.2) is 31.1 Å². The van der Waals surface area contributed by atoms with Crippen LogP contribution in [0.4, 0.5) is 4.39 Å². The number of carbonyl (C=O) groups is 1. The standard InChI is InChI=1S/C8H5FN4O2/c9-5-3-6(8(14)15)7(10-4-5)13-2-1-11-12-13/h1-4H,(H,14,15).